The molecule has 0 N–H and O–H groups in total. The lowest BCUT2D eigenvalue weighted by Gasteiger charge is -2.47. The SMILES string of the molecule is CCC1C(C)C2CC(C)CC12. The molecule has 2 saturated carbocycles. The Balaban J connectivity index is 2.01. The average molecular weight is 152 g/mol. The van der Waals surface area contributed by atoms with Crippen molar-refractivity contribution in [3.63, 3.8) is 0 Å². The van der Waals surface area contributed by atoms with E-state index in [0.29, 0.717) is 0 Å². The summed E-state index contributed by atoms with van der Waals surface area (Å²) in [5, 5.41) is 0. The predicted octanol–water partition coefficient (Wildman–Crippen LogP) is 3.32. The Morgan fingerprint density at radius 3 is 2.36 bits per heavy atom. The summed E-state index contributed by atoms with van der Waals surface area (Å²) in [5.41, 5.74) is 0. The van der Waals surface area contributed by atoms with E-state index in [1.54, 1.807) is 0 Å². The van der Waals surface area contributed by atoms with Gasteiger partial charge in [-0.1, -0.05) is 27.2 Å². The van der Waals surface area contributed by atoms with Crippen LogP contribution in [0.4, 0.5) is 0 Å². The van der Waals surface area contributed by atoms with E-state index < -0.39 is 0 Å². The Morgan fingerprint density at radius 2 is 1.73 bits per heavy atom. The monoisotopic (exact) mass is 152 g/mol. The first kappa shape index (κ1) is 7.64. The quantitative estimate of drug-likeness (QED) is 0.540. The van der Waals surface area contributed by atoms with Gasteiger partial charge >= 0.3 is 0 Å². The van der Waals surface area contributed by atoms with Crippen LogP contribution < -0.4 is 0 Å². The van der Waals surface area contributed by atoms with Crippen molar-refractivity contribution in [2.75, 3.05) is 0 Å². The van der Waals surface area contributed by atoms with E-state index in [0.717, 1.165) is 29.6 Å². The summed E-state index contributed by atoms with van der Waals surface area (Å²) < 4.78 is 0. The van der Waals surface area contributed by atoms with Crippen molar-refractivity contribution in [3.05, 3.63) is 0 Å². The van der Waals surface area contributed by atoms with Crippen LogP contribution in [0.1, 0.15) is 40.0 Å². The molecule has 5 atom stereocenters. The molecule has 0 aromatic heterocycles. The lowest BCUT2D eigenvalue weighted by molar-refractivity contribution is 0.0133. The molecule has 0 nitrogen and oxygen atoms in total. The maximum atomic E-state index is 2.47. The van der Waals surface area contributed by atoms with E-state index in [4.69, 9.17) is 0 Å². The number of hydrogen-bond acceptors (Lipinski definition) is 0. The molecule has 0 bridgehead atoms. The first-order valence-electron chi connectivity index (χ1n) is 5.24. The first-order valence-corrected chi connectivity index (χ1v) is 5.24. The Bertz CT molecular complexity index is 144. The second-order valence-electron chi connectivity index (χ2n) is 4.84. The van der Waals surface area contributed by atoms with Gasteiger partial charge in [-0.3, -0.25) is 0 Å². The third kappa shape index (κ3) is 0.947. The van der Waals surface area contributed by atoms with Gasteiger partial charge in [0, 0.05) is 0 Å². The maximum absolute atomic E-state index is 2.47. The molecule has 0 radical (unpaired) electrons. The molecule has 2 fully saturated rings. The average Bonchev–Trinajstić information content (AvgIpc) is 2.30. The second-order valence-corrected chi connectivity index (χ2v) is 4.84. The van der Waals surface area contributed by atoms with Crippen molar-refractivity contribution < 1.29 is 0 Å². The highest BCUT2D eigenvalue weighted by molar-refractivity contribution is 4.99. The Labute approximate surface area is 70.4 Å². The van der Waals surface area contributed by atoms with Crippen LogP contribution in [-0.4, -0.2) is 0 Å². The van der Waals surface area contributed by atoms with Crippen LogP contribution in [0.5, 0.6) is 0 Å². The summed E-state index contributed by atoms with van der Waals surface area (Å²) in [7, 11) is 0. The largest absolute Gasteiger partial charge is 0.0651 e. The third-order valence-electron chi connectivity index (χ3n) is 4.27. The highest BCUT2D eigenvalue weighted by Gasteiger charge is 2.50. The summed E-state index contributed by atoms with van der Waals surface area (Å²) >= 11 is 0. The fourth-order valence-electron chi connectivity index (χ4n) is 3.71. The van der Waals surface area contributed by atoms with E-state index in [9.17, 15) is 0 Å². The molecule has 0 aromatic carbocycles. The molecule has 11 heavy (non-hydrogen) atoms. The van der Waals surface area contributed by atoms with Gasteiger partial charge in [-0.15, -0.1) is 0 Å². The van der Waals surface area contributed by atoms with Crippen LogP contribution in [0.2, 0.25) is 0 Å². The van der Waals surface area contributed by atoms with Crippen LogP contribution in [0, 0.1) is 29.6 Å². The van der Waals surface area contributed by atoms with E-state index in [2.05, 4.69) is 20.8 Å². The van der Waals surface area contributed by atoms with Gasteiger partial charge in [-0.2, -0.15) is 0 Å². The van der Waals surface area contributed by atoms with Gasteiger partial charge in [0.15, 0.2) is 0 Å². The molecule has 0 heterocycles. The van der Waals surface area contributed by atoms with Gasteiger partial charge < -0.3 is 0 Å². The summed E-state index contributed by atoms with van der Waals surface area (Å²) in [4.78, 5) is 0. The van der Waals surface area contributed by atoms with Crippen molar-refractivity contribution in [2.45, 2.75) is 40.0 Å². The van der Waals surface area contributed by atoms with Crippen LogP contribution in [0.15, 0.2) is 0 Å². The van der Waals surface area contributed by atoms with E-state index in [1.165, 1.54) is 19.3 Å². The fourth-order valence-corrected chi connectivity index (χ4v) is 3.71. The standard InChI is InChI=1S/C11H20/c1-4-9-8(3)10-5-7(2)6-11(9)10/h7-11H,4-6H2,1-3H3. The number of hydrogen-bond donors (Lipinski definition) is 0. The van der Waals surface area contributed by atoms with Crippen molar-refractivity contribution in [3.8, 4) is 0 Å². The summed E-state index contributed by atoms with van der Waals surface area (Å²) in [6.45, 7) is 7.26. The van der Waals surface area contributed by atoms with Crippen LogP contribution in [0.3, 0.4) is 0 Å². The van der Waals surface area contributed by atoms with Crippen LogP contribution in [0.25, 0.3) is 0 Å². The van der Waals surface area contributed by atoms with Crippen LogP contribution >= 0.6 is 0 Å². The maximum Gasteiger partial charge on any atom is -0.0350 e. The lowest BCUT2D eigenvalue weighted by atomic mass is 9.58. The normalized spacial score (nSPS) is 55.4. The minimum absolute atomic E-state index is 1.03. The smallest absolute Gasteiger partial charge is 0.0350 e. The molecule has 0 aromatic rings. The third-order valence-corrected chi connectivity index (χ3v) is 4.27. The summed E-state index contributed by atoms with van der Waals surface area (Å²) in [6, 6.07) is 0. The zero-order valence-corrected chi connectivity index (χ0v) is 8.01. The van der Waals surface area contributed by atoms with E-state index in [1.807, 2.05) is 0 Å². The molecule has 0 aliphatic heterocycles. The lowest BCUT2D eigenvalue weighted by Crippen LogP contribution is -2.41. The van der Waals surface area contributed by atoms with Crippen LogP contribution in [-0.2, 0) is 0 Å². The Morgan fingerprint density at radius 1 is 1.09 bits per heavy atom. The number of rotatable bonds is 1. The summed E-state index contributed by atoms with van der Waals surface area (Å²) in [6.07, 6.45) is 4.49. The second kappa shape index (κ2) is 2.50. The highest BCUT2D eigenvalue weighted by atomic mass is 14.5. The molecule has 5 unspecified atom stereocenters. The minimum atomic E-state index is 1.03. The molecule has 2 rings (SSSR count). The Kier molecular flexibility index (Phi) is 1.74. The van der Waals surface area contributed by atoms with Crippen molar-refractivity contribution in [1.29, 1.82) is 0 Å². The van der Waals surface area contributed by atoms with E-state index >= 15 is 0 Å². The number of fused-ring (bicyclic) bond motifs is 1. The van der Waals surface area contributed by atoms with Gasteiger partial charge in [0.25, 0.3) is 0 Å². The first-order chi connectivity index (χ1) is 5.24. The summed E-state index contributed by atoms with van der Waals surface area (Å²) in [5.74, 6) is 5.42. The molecule has 0 saturated heterocycles. The molecule has 2 aliphatic carbocycles. The van der Waals surface area contributed by atoms with Crippen molar-refractivity contribution >= 4 is 0 Å². The highest BCUT2D eigenvalue weighted by Crippen LogP contribution is 2.57. The van der Waals surface area contributed by atoms with Gasteiger partial charge in [0.1, 0.15) is 0 Å². The van der Waals surface area contributed by atoms with E-state index in [-0.39, 0.29) is 0 Å². The predicted molar refractivity (Wildman–Crippen MR) is 48.3 cm³/mol. The molecular formula is C11H20. The van der Waals surface area contributed by atoms with Crippen molar-refractivity contribution in [2.24, 2.45) is 29.6 Å². The molecule has 64 valence electrons. The fraction of sp³-hybridized carbons (Fsp3) is 1.00. The molecular weight excluding hydrogens is 132 g/mol. The van der Waals surface area contributed by atoms with Crippen molar-refractivity contribution in [1.82, 2.24) is 0 Å². The Hall–Kier alpha value is 0. The molecule has 0 amide bonds. The minimum Gasteiger partial charge on any atom is -0.0651 e. The zero-order chi connectivity index (χ0) is 8.01. The topological polar surface area (TPSA) is 0 Å². The van der Waals surface area contributed by atoms with Gasteiger partial charge in [0.05, 0.1) is 0 Å². The molecule has 2 aliphatic rings. The van der Waals surface area contributed by atoms with Gasteiger partial charge in [-0.05, 0) is 42.4 Å². The van der Waals surface area contributed by atoms with Gasteiger partial charge in [-0.25, -0.2) is 0 Å². The molecule has 0 heteroatoms. The zero-order valence-electron chi connectivity index (χ0n) is 8.01. The van der Waals surface area contributed by atoms with Gasteiger partial charge in [0.2, 0.25) is 0 Å². The molecule has 0 spiro atoms.